The van der Waals surface area contributed by atoms with Crippen molar-refractivity contribution < 1.29 is 22.5 Å². The maximum atomic E-state index is 12.7. The lowest BCUT2D eigenvalue weighted by atomic mass is 10.0. The Morgan fingerprint density at radius 2 is 1.87 bits per heavy atom. The molecular weight excluding hydrogens is 395 g/mol. The van der Waals surface area contributed by atoms with Crippen LogP contribution in [0.4, 0.5) is 18.9 Å². The van der Waals surface area contributed by atoms with Gasteiger partial charge in [-0.05, 0) is 47.9 Å². The molecule has 0 spiro atoms. The van der Waals surface area contributed by atoms with Gasteiger partial charge in [0.15, 0.2) is 5.82 Å². The van der Waals surface area contributed by atoms with Crippen molar-refractivity contribution in [1.82, 2.24) is 10.1 Å². The third-order valence-electron chi connectivity index (χ3n) is 5.24. The molecule has 0 saturated carbocycles. The van der Waals surface area contributed by atoms with Gasteiger partial charge in [0.2, 0.25) is 5.91 Å². The number of halogens is 3. The van der Waals surface area contributed by atoms with E-state index in [1.54, 1.807) is 4.90 Å². The number of aromatic nitrogens is 2. The van der Waals surface area contributed by atoms with Crippen LogP contribution in [-0.4, -0.2) is 22.6 Å². The number of hydrogen-bond acceptors (Lipinski definition) is 4. The van der Waals surface area contributed by atoms with E-state index < -0.39 is 11.7 Å². The zero-order chi connectivity index (χ0) is 21.5. The Hall–Kier alpha value is -3.16. The number of carbonyl (C=O) groups is 1. The first kappa shape index (κ1) is 20.1. The van der Waals surface area contributed by atoms with Gasteiger partial charge in [-0.3, -0.25) is 4.79 Å². The molecule has 30 heavy (non-hydrogen) atoms. The maximum Gasteiger partial charge on any atom is 0.416 e. The highest BCUT2D eigenvalue weighted by molar-refractivity contribution is 5.96. The molecule has 1 atom stereocenters. The molecule has 1 amide bonds. The molecule has 5 nitrogen and oxygen atoms in total. The smallest absolute Gasteiger partial charge is 0.334 e. The number of hydrogen-bond donors (Lipinski definition) is 0. The Kier molecular flexibility index (Phi) is 5.09. The first-order valence-corrected chi connectivity index (χ1v) is 9.64. The average molecular weight is 415 g/mol. The minimum absolute atomic E-state index is 0.0261. The second kappa shape index (κ2) is 7.59. The van der Waals surface area contributed by atoms with Crippen molar-refractivity contribution in [2.75, 3.05) is 11.4 Å². The topological polar surface area (TPSA) is 59.2 Å². The Morgan fingerprint density at radius 1 is 1.13 bits per heavy atom. The summed E-state index contributed by atoms with van der Waals surface area (Å²) >= 11 is 0. The normalized spacial score (nSPS) is 17.2. The summed E-state index contributed by atoms with van der Waals surface area (Å²) in [5.74, 6) is 0.586. The first-order valence-electron chi connectivity index (χ1n) is 9.64. The third-order valence-corrected chi connectivity index (χ3v) is 5.24. The molecule has 0 bridgehead atoms. The summed E-state index contributed by atoms with van der Waals surface area (Å²) < 4.78 is 43.4. The fourth-order valence-corrected chi connectivity index (χ4v) is 3.50. The first-order chi connectivity index (χ1) is 14.2. The van der Waals surface area contributed by atoms with E-state index in [9.17, 15) is 18.0 Å². The second-order valence-corrected chi connectivity index (χ2v) is 7.69. The van der Waals surface area contributed by atoms with Crippen molar-refractivity contribution in [3.05, 3.63) is 65.5 Å². The summed E-state index contributed by atoms with van der Waals surface area (Å²) in [6.45, 7) is 4.61. The molecule has 1 unspecified atom stereocenters. The van der Waals surface area contributed by atoms with Gasteiger partial charge >= 0.3 is 6.18 Å². The van der Waals surface area contributed by atoms with Crippen LogP contribution in [0.5, 0.6) is 0 Å². The Bertz CT molecular complexity index is 1060. The Labute approximate surface area is 171 Å². The maximum absolute atomic E-state index is 12.7. The van der Waals surface area contributed by atoms with Crippen LogP contribution in [0.2, 0.25) is 0 Å². The van der Waals surface area contributed by atoms with Gasteiger partial charge in [-0.15, -0.1) is 0 Å². The number of nitrogens with zero attached hydrogens (tertiary/aromatic N) is 3. The van der Waals surface area contributed by atoms with E-state index in [2.05, 4.69) is 24.0 Å². The number of anilines is 1. The van der Waals surface area contributed by atoms with Crippen LogP contribution >= 0.6 is 0 Å². The van der Waals surface area contributed by atoms with Crippen LogP contribution in [0.1, 0.15) is 49.1 Å². The average Bonchev–Trinajstić information content (AvgIpc) is 3.34. The molecule has 1 aliphatic rings. The molecule has 1 saturated heterocycles. The summed E-state index contributed by atoms with van der Waals surface area (Å²) in [6.07, 6.45) is -4.16. The zero-order valence-corrected chi connectivity index (χ0v) is 16.5. The number of benzene rings is 2. The minimum atomic E-state index is -4.40. The van der Waals surface area contributed by atoms with Gasteiger partial charge in [0.05, 0.1) is 5.56 Å². The zero-order valence-electron chi connectivity index (χ0n) is 16.5. The number of rotatable bonds is 4. The lowest BCUT2D eigenvalue weighted by molar-refractivity contribution is -0.137. The molecule has 1 fully saturated rings. The van der Waals surface area contributed by atoms with Gasteiger partial charge < -0.3 is 9.42 Å². The molecule has 0 N–H and O–H groups in total. The number of carbonyl (C=O) groups excluding carboxylic acids is 1. The van der Waals surface area contributed by atoms with Crippen LogP contribution in [0.3, 0.4) is 0 Å². The number of amides is 1. The largest absolute Gasteiger partial charge is 0.416 e. The van der Waals surface area contributed by atoms with Crippen molar-refractivity contribution in [3.8, 4) is 11.5 Å². The van der Waals surface area contributed by atoms with E-state index in [1.807, 2.05) is 24.3 Å². The van der Waals surface area contributed by atoms with Crippen molar-refractivity contribution in [2.24, 2.45) is 0 Å². The van der Waals surface area contributed by atoms with E-state index in [0.717, 1.165) is 23.4 Å². The Morgan fingerprint density at radius 3 is 2.53 bits per heavy atom. The van der Waals surface area contributed by atoms with Crippen molar-refractivity contribution >= 4 is 11.6 Å². The van der Waals surface area contributed by atoms with Crippen LogP contribution in [0.25, 0.3) is 11.5 Å². The Balaban J connectivity index is 1.52. The summed E-state index contributed by atoms with van der Waals surface area (Å²) in [7, 11) is 0. The minimum Gasteiger partial charge on any atom is -0.334 e. The van der Waals surface area contributed by atoms with Gasteiger partial charge in [-0.2, -0.15) is 18.2 Å². The quantitative estimate of drug-likeness (QED) is 0.573. The van der Waals surface area contributed by atoms with Crippen LogP contribution in [-0.2, 0) is 11.0 Å². The molecule has 1 aliphatic heterocycles. The third kappa shape index (κ3) is 3.94. The summed E-state index contributed by atoms with van der Waals surface area (Å²) in [6, 6.07) is 12.4. The summed E-state index contributed by atoms with van der Waals surface area (Å²) in [4.78, 5) is 18.6. The molecule has 1 aromatic heterocycles. The van der Waals surface area contributed by atoms with E-state index >= 15 is 0 Å². The van der Waals surface area contributed by atoms with Gasteiger partial charge in [0.1, 0.15) is 0 Å². The highest BCUT2D eigenvalue weighted by Gasteiger charge is 2.35. The van der Waals surface area contributed by atoms with Crippen LogP contribution < -0.4 is 4.90 Å². The summed E-state index contributed by atoms with van der Waals surface area (Å²) in [5, 5.41) is 3.97. The van der Waals surface area contributed by atoms with E-state index in [0.29, 0.717) is 23.9 Å². The lowest BCUT2D eigenvalue weighted by Crippen LogP contribution is -2.24. The molecule has 8 heteroatoms. The second-order valence-electron chi connectivity index (χ2n) is 7.69. The highest BCUT2D eigenvalue weighted by Crippen LogP contribution is 2.34. The number of alkyl halides is 3. The van der Waals surface area contributed by atoms with E-state index in [1.165, 1.54) is 12.1 Å². The van der Waals surface area contributed by atoms with E-state index in [-0.39, 0.29) is 24.1 Å². The SMILES string of the molecule is CC(C)c1cccc(N2CC(c3noc(-c4ccc(C(F)(F)F)cc4)n3)CC2=O)c1. The fourth-order valence-electron chi connectivity index (χ4n) is 3.50. The van der Waals surface area contributed by atoms with Crippen molar-refractivity contribution in [2.45, 2.75) is 38.3 Å². The van der Waals surface area contributed by atoms with Crippen molar-refractivity contribution in [1.29, 1.82) is 0 Å². The van der Waals surface area contributed by atoms with Gasteiger partial charge in [-0.1, -0.05) is 31.1 Å². The highest BCUT2D eigenvalue weighted by atomic mass is 19.4. The fraction of sp³-hybridized carbons (Fsp3) is 0.318. The molecule has 4 rings (SSSR count). The van der Waals surface area contributed by atoms with Crippen LogP contribution in [0, 0.1) is 0 Å². The summed E-state index contributed by atoms with van der Waals surface area (Å²) in [5.41, 5.74) is 1.63. The van der Waals surface area contributed by atoms with Gasteiger partial charge in [0, 0.05) is 30.1 Å². The standard InChI is InChI=1S/C22H20F3N3O2/c1-13(2)15-4-3-5-18(10-15)28-12-16(11-19(28)29)20-26-21(30-27-20)14-6-8-17(9-7-14)22(23,24)25/h3-10,13,16H,11-12H2,1-2H3. The van der Waals surface area contributed by atoms with Gasteiger partial charge in [-0.25, -0.2) is 0 Å². The lowest BCUT2D eigenvalue weighted by Gasteiger charge is -2.18. The predicted octanol–water partition coefficient (Wildman–Crippen LogP) is 5.40. The molecule has 156 valence electrons. The van der Waals surface area contributed by atoms with Crippen LogP contribution in [0.15, 0.2) is 53.1 Å². The monoisotopic (exact) mass is 415 g/mol. The van der Waals surface area contributed by atoms with Gasteiger partial charge in [0.25, 0.3) is 5.89 Å². The molecule has 0 radical (unpaired) electrons. The molecule has 2 aromatic carbocycles. The predicted molar refractivity (Wildman–Crippen MR) is 105 cm³/mol. The van der Waals surface area contributed by atoms with E-state index in [4.69, 9.17) is 4.52 Å². The molecule has 2 heterocycles. The molecule has 0 aliphatic carbocycles. The molecular formula is C22H20F3N3O2. The van der Waals surface area contributed by atoms with Crippen molar-refractivity contribution in [3.63, 3.8) is 0 Å². The molecule has 3 aromatic rings.